The van der Waals surface area contributed by atoms with E-state index in [2.05, 4.69) is 16.3 Å². The summed E-state index contributed by atoms with van der Waals surface area (Å²) in [5.41, 5.74) is 8.83. The lowest BCUT2D eigenvalue weighted by molar-refractivity contribution is 0.0955. The van der Waals surface area contributed by atoms with Gasteiger partial charge in [0.2, 0.25) is 0 Å². The number of hydrogen-bond acceptors (Lipinski definition) is 4. The van der Waals surface area contributed by atoms with Crippen LogP contribution in [0.3, 0.4) is 0 Å². The Morgan fingerprint density at radius 2 is 1.95 bits per heavy atom. The molecule has 1 heterocycles. The molecule has 1 amide bonds. The topological polar surface area (TPSA) is 58.4 Å². The maximum Gasteiger partial charge on any atom is 0.261 e. The molecule has 0 spiro atoms. The largest absolute Gasteiger partial charge is 0.398 e. The fourth-order valence-corrected chi connectivity index (χ4v) is 2.95. The van der Waals surface area contributed by atoms with Gasteiger partial charge in [0.15, 0.2) is 0 Å². The molecule has 3 N–H and O–H groups in total. The number of carbonyl (C=O) groups excluding carboxylic acids is 1. The zero-order valence-corrected chi connectivity index (χ0v) is 13.5. The van der Waals surface area contributed by atoms with E-state index in [0.29, 0.717) is 17.1 Å². The van der Waals surface area contributed by atoms with Gasteiger partial charge in [-0.05, 0) is 38.2 Å². The number of nitrogen functional groups attached to an aromatic ring is 1. The summed E-state index contributed by atoms with van der Waals surface area (Å²) in [5.74, 6) is -0.0699. The molecule has 0 saturated carbocycles. The van der Waals surface area contributed by atoms with Crippen LogP contribution in [-0.4, -0.2) is 24.9 Å². The van der Waals surface area contributed by atoms with E-state index in [1.54, 1.807) is 6.07 Å². The number of benzene rings is 1. The van der Waals surface area contributed by atoms with Crippen molar-refractivity contribution in [3.8, 4) is 0 Å². The van der Waals surface area contributed by atoms with Gasteiger partial charge in [0.05, 0.1) is 4.88 Å². The Bertz CT molecular complexity index is 615. The predicted molar refractivity (Wildman–Crippen MR) is 88.5 cm³/mol. The number of rotatable bonds is 5. The Morgan fingerprint density at radius 3 is 2.52 bits per heavy atom. The molecule has 0 fully saturated rings. The molecule has 0 aliphatic carbocycles. The van der Waals surface area contributed by atoms with Crippen LogP contribution in [0.5, 0.6) is 0 Å². The summed E-state index contributed by atoms with van der Waals surface area (Å²) in [6, 6.07) is 9.89. The standard InChI is InChI=1S/C16H21N3OS/c1-11-14(17)8-15(21-11)16(20)18-9-12-6-4-5-7-13(12)10-19(2)3/h4-8H,9-10,17H2,1-3H3,(H,18,20). The lowest BCUT2D eigenvalue weighted by atomic mass is 10.1. The van der Waals surface area contributed by atoms with Crippen molar-refractivity contribution < 1.29 is 4.79 Å². The van der Waals surface area contributed by atoms with Crippen LogP contribution in [0.25, 0.3) is 0 Å². The van der Waals surface area contributed by atoms with E-state index < -0.39 is 0 Å². The van der Waals surface area contributed by atoms with Crippen molar-refractivity contribution in [3.05, 3.63) is 51.2 Å². The monoisotopic (exact) mass is 303 g/mol. The van der Waals surface area contributed by atoms with Crippen molar-refractivity contribution in [2.45, 2.75) is 20.0 Å². The summed E-state index contributed by atoms with van der Waals surface area (Å²) >= 11 is 1.43. The molecule has 5 heteroatoms. The number of thiophene rings is 1. The van der Waals surface area contributed by atoms with Crippen LogP contribution < -0.4 is 11.1 Å². The summed E-state index contributed by atoms with van der Waals surface area (Å²) < 4.78 is 0. The first kappa shape index (κ1) is 15.5. The molecule has 0 unspecified atom stereocenters. The number of carbonyl (C=O) groups is 1. The van der Waals surface area contributed by atoms with Gasteiger partial charge in [-0.2, -0.15) is 0 Å². The van der Waals surface area contributed by atoms with E-state index in [-0.39, 0.29) is 5.91 Å². The number of amides is 1. The average molecular weight is 303 g/mol. The highest BCUT2D eigenvalue weighted by Gasteiger charge is 2.11. The van der Waals surface area contributed by atoms with E-state index in [1.165, 1.54) is 16.9 Å². The highest BCUT2D eigenvalue weighted by atomic mass is 32.1. The highest BCUT2D eigenvalue weighted by Crippen LogP contribution is 2.23. The van der Waals surface area contributed by atoms with E-state index in [1.807, 2.05) is 39.2 Å². The summed E-state index contributed by atoms with van der Waals surface area (Å²) in [6.45, 7) is 3.31. The zero-order chi connectivity index (χ0) is 15.4. The van der Waals surface area contributed by atoms with Crippen LogP contribution in [0, 0.1) is 6.92 Å². The number of nitrogens with two attached hydrogens (primary N) is 1. The van der Waals surface area contributed by atoms with Crippen molar-refractivity contribution in [3.63, 3.8) is 0 Å². The first-order valence-corrected chi connectivity index (χ1v) is 7.64. The summed E-state index contributed by atoms with van der Waals surface area (Å²) in [4.78, 5) is 15.9. The van der Waals surface area contributed by atoms with E-state index in [4.69, 9.17) is 5.73 Å². The van der Waals surface area contributed by atoms with E-state index in [0.717, 1.165) is 17.0 Å². The third-order valence-corrected chi connectivity index (χ3v) is 4.29. The van der Waals surface area contributed by atoms with Crippen molar-refractivity contribution in [2.75, 3.05) is 19.8 Å². The molecule has 0 aliphatic rings. The van der Waals surface area contributed by atoms with Crippen molar-refractivity contribution in [1.82, 2.24) is 10.2 Å². The normalized spacial score (nSPS) is 10.9. The van der Waals surface area contributed by atoms with Crippen LogP contribution in [0.2, 0.25) is 0 Å². The lowest BCUT2D eigenvalue weighted by Crippen LogP contribution is -2.23. The predicted octanol–water partition coefficient (Wildman–Crippen LogP) is 2.63. The van der Waals surface area contributed by atoms with Gasteiger partial charge in [-0.25, -0.2) is 0 Å². The molecule has 2 rings (SSSR count). The molecule has 112 valence electrons. The van der Waals surface area contributed by atoms with Gasteiger partial charge in [-0.3, -0.25) is 4.79 Å². The smallest absolute Gasteiger partial charge is 0.261 e. The van der Waals surface area contributed by atoms with Crippen molar-refractivity contribution in [2.24, 2.45) is 0 Å². The Hall–Kier alpha value is -1.85. The van der Waals surface area contributed by atoms with Crippen LogP contribution in [0.15, 0.2) is 30.3 Å². The zero-order valence-electron chi connectivity index (χ0n) is 12.6. The second-order valence-electron chi connectivity index (χ2n) is 5.31. The summed E-state index contributed by atoms with van der Waals surface area (Å²) in [5, 5.41) is 2.97. The number of hydrogen-bond donors (Lipinski definition) is 2. The molecule has 4 nitrogen and oxygen atoms in total. The Labute approximate surface area is 129 Å². The fraction of sp³-hybridized carbons (Fsp3) is 0.312. The van der Waals surface area contributed by atoms with Crippen molar-refractivity contribution in [1.29, 1.82) is 0 Å². The second-order valence-corrected chi connectivity index (χ2v) is 6.57. The van der Waals surface area contributed by atoms with Gasteiger partial charge in [0.25, 0.3) is 5.91 Å². The summed E-state index contributed by atoms with van der Waals surface area (Å²) in [6.07, 6.45) is 0. The Morgan fingerprint density at radius 1 is 1.29 bits per heavy atom. The van der Waals surface area contributed by atoms with Crippen LogP contribution in [0.4, 0.5) is 5.69 Å². The second kappa shape index (κ2) is 6.74. The maximum atomic E-state index is 12.2. The molecule has 0 aliphatic heterocycles. The van der Waals surface area contributed by atoms with Gasteiger partial charge in [0, 0.05) is 23.7 Å². The Balaban J connectivity index is 2.04. The summed E-state index contributed by atoms with van der Waals surface area (Å²) in [7, 11) is 4.07. The molecule has 1 aromatic carbocycles. The van der Waals surface area contributed by atoms with Crippen LogP contribution in [0.1, 0.15) is 25.7 Å². The first-order valence-electron chi connectivity index (χ1n) is 6.83. The number of nitrogens with zero attached hydrogens (tertiary/aromatic N) is 1. The maximum absolute atomic E-state index is 12.2. The van der Waals surface area contributed by atoms with Gasteiger partial charge in [-0.1, -0.05) is 24.3 Å². The van der Waals surface area contributed by atoms with Crippen LogP contribution in [-0.2, 0) is 13.1 Å². The quantitative estimate of drug-likeness (QED) is 0.892. The minimum absolute atomic E-state index is 0.0699. The molecule has 1 aromatic heterocycles. The molecule has 0 radical (unpaired) electrons. The third-order valence-electron chi connectivity index (χ3n) is 3.22. The third kappa shape index (κ3) is 4.06. The molecule has 0 saturated heterocycles. The highest BCUT2D eigenvalue weighted by molar-refractivity contribution is 7.14. The van der Waals surface area contributed by atoms with E-state index >= 15 is 0 Å². The minimum atomic E-state index is -0.0699. The van der Waals surface area contributed by atoms with Crippen molar-refractivity contribution >= 4 is 22.9 Å². The Kier molecular flexibility index (Phi) is 4.98. The molecular weight excluding hydrogens is 282 g/mol. The minimum Gasteiger partial charge on any atom is -0.398 e. The molecule has 21 heavy (non-hydrogen) atoms. The first-order chi connectivity index (χ1) is 9.97. The lowest BCUT2D eigenvalue weighted by Gasteiger charge is -2.14. The number of nitrogens with one attached hydrogen (secondary N) is 1. The molecule has 0 atom stereocenters. The van der Waals surface area contributed by atoms with E-state index in [9.17, 15) is 4.79 Å². The molecule has 0 bridgehead atoms. The molecular formula is C16H21N3OS. The van der Waals surface area contributed by atoms with Crippen LogP contribution >= 0.6 is 11.3 Å². The number of anilines is 1. The number of aryl methyl sites for hydroxylation is 1. The van der Waals surface area contributed by atoms with Gasteiger partial charge < -0.3 is 16.0 Å². The fourth-order valence-electron chi connectivity index (χ4n) is 2.10. The SMILES string of the molecule is Cc1sc(C(=O)NCc2ccccc2CN(C)C)cc1N. The van der Waals surface area contributed by atoms with Gasteiger partial charge in [-0.15, -0.1) is 11.3 Å². The molecule has 2 aromatic rings. The van der Waals surface area contributed by atoms with Gasteiger partial charge >= 0.3 is 0 Å². The average Bonchev–Trinajstić information content (AvgIpc) is 2.77. The van der Waals surface area contributed by atoms with Gasteiger partial charge in [0.1, 0.15) is 0 Å².